The lowest BCUT2D eigenvalue weighted by Gasteiger charge is -2.15. The van der Waals surface area contributed by atoms with Crippen LogP contribution in [0.2, 0.25) is 0 Å². The first-order chi connectivity index (χ1) is 7.59. The first-order valence-electron chi connectivity index (χ1n) is 4.82. The van der Waals surface area contributed by atoms with Crippen molar-refractivity contribution in [3.63, 3.8) is 0 Å². The van der Waals surface area contributed by atoms with E-state index < -0.39 is 15.2 Å². The lowest BCUT2D eigenvalue weighted by molar-refractivity contribution is 0.557. The SMILES string of the molecule is CS(=O)(=O)C(c1ccccc1)n1cccn1. The van der Waals surface area contributed by atoms with E-state index in [-0.39, 0.29) is 0 Å². The predicted molar refractivity (Wildman–Crippen MR) is 61.7 cm³/mol. The molecule has 0 saturated heterocycles. The van der Waals surface area contributed by atoms with E-state index in [4.69, 9.17) is 0 Å². The number of benzene rings is 1. The largest absolute Gasteiger partial charge is 0.250 e. The molecule has 0 aliphatic rings. The quantitative estimate of drug-likeness (QED) is 0.811. The molecule has 0 radical (unpaired) electrons. The topological polar surface area (TPSA) is 52.0 Å². The highest BCUT2D eigenvalue weighted by atomic mass is 32.2. The summed E-state index contributed by atoms with van der Waals surface area (Å²) < 4.78 is 25.0. The first kappa shape index (κ1) is 10.9. The fourth-order valence-corrected chi connectivity index (χ4v) is 2.80. The van der Waals surface area contributed by atoms with E-state index in [2.05, 4.69) is 5.10 Å². The Morgan fingerprint density at radius 3 is 2.38 bits per heavy atom. The van der Waals surface area contributed by atoms with Crippen molar-refractivity contribution in [1.29, 1.82) is 0 Å². The van der Waals surface area contributed by atoms with E-state index in [9.17, 15) is 8.42 Å². The number of hydrogen-bond donors (Lipinski definition) is 0. The molecule has 1 aromatic heterocycles. The van der Waals surface area contributed by atoms with Crippen LogP contribution in [0.25, 0.3) is 0 Å². The summed E-state index contributed by atoms with van der Waals surface area (Å²) in [5.41, 5.74) is 0.716. The van der Waals surface area contributed by atoms with Gasteiger partial charge in [0.2, 0.25) is 0 Å². The molecule has 0 aliphatic carbocycles. The fraction of sp³-hybridized carbons (Fsp3) is 0.182. The predicted octanol–water partition coefficient (Wildman–Crippen LogP) is 1.47. The third-order valence-electron chi connectivity index (χ3n) is 2.26. The third kappa shape index (κ3) is 2.14. The van der Waals surface area contributed by atoms with Crippen molar-refractivity contribution < 1.29 is 8.42 Å². The molecule has 0 aliphatic heterocycles. The summed E-state index contributed by atoms with van der Waals surface area (Å²) in [7, 11) is -3.24. The highest BCUT2D eigenvalue weighted by Crippen LogP contribution is 2.22. The number of rotatable bonds is 3. The molecule has 1 aromatic carbocycles. The van der Waals surface area contributed by atoms with Gasteiger partial charge in [0.05, 0.1) is 0 Å². The molecule has 2 rings (SSSR count). The van der Waals surface area contributed by atoms with Crippen LogP contribution in [0.5, 0.6) is 0 Å². The van der Waals surface area contributed by atoms with E-state index in [1.165, 1.54) is 10.9 Å². The number of nitrogens with zero attached hydrogens (tertiary/aromatic N) is 2. The van der Waals surface area contributed by atoms with Gasteiger partial charge in [0.15, 0.2) is 15.2 Å². The van der Waals surface area contributed by atoms with Crippen LogP contribution in [0.4, 0.5) is 0 Å². The van der Waals surface area contributed by atoms with Crippen LogP contribution >= 0.6 is 0 Å². The second-order valence-corrected chi connectivity index (χ2v) is 5.68. The Kier molecular flexibility index (Phi) is 2.78. The van der Waals surface area contributed by atoms with Crippen molar-refractivity contribution in [2.45, 2.75) is 5.37 Å². The molecule has 1 atom stereocenters. The number of aromatic nitrogens is 2. The maximum atomic E-state index is 11.8. The Morgan fingerprint density at radius 1 is 1.19 bits per heavy atom. The fourth-order valence-electron chi connectivity index (χ4n) is 1.63. The average Bonchev–Trinajstić information content (AvgIpc) is 2.71. The summed E-state index contributed by atoms with van der Waals surface area (Å²) in [5, 5.41) is 3.25. The zero-order valence-corrected chi connectivity index (χ0v) is 9.63. The van der Waals surface area contributed by atoms with Gasteiger partial charge < -0.3 is 0 Å². The molecular formula is C11H12N2O2S. The standard InChI is InChI=1S/C11H12N2O2S/c1-16(14,15)11(13-9-5-8-12-13)10-6-3-2-4-7-10/h2-9,11H,1H3. The minimum atomic E-state index is -3.24. The summed E-state index contributed by atoms with van der Waals surface area (Å²) >= 11 is 0. The highest BCUT2D eigenvalue weighted by molar-refractivity contribution is 7.90. The molecule has 1 heterocycles. The molecule has 0 spiro atoms. The average molecular weight is 236 g/mol. The second kappa shape index (κ2) is 4.09. The van der Waals surface area contributed by atoms with Gasteiger partial charge in [-0.15, -0.1) is 0 Å². The third-order valence-corrected chi connectivity index (χ3v) is 3.55. The summed E-state index contributed by atoms with van der Waals surface area (Å²) in [4.78, 5) is 0. The van der Waals surface area contributed by atoms with Crippen molar-refractivity contribution in [1.82, 2.24) is 9.78 Å². The van der Waals surface area contributed by atoms with Crippen LogP contribution < -0.4 is 0 Å². The molecule has 0 saturated carbocycles. The van der Waals surface area contributed by atoms with E-state index in [0.29, 0.717) is 5.56 Å². The van der Waals surface area contributed by atoms with Gasteiger partial charge in [0.25, 0.3) is 0 Å². The van der Waals surface area contributed by atoms with Gasteiger partial charge in [-0.2, -0.15) is 5.10 Å². The van der Waals surface area contributed by atoms with Gasteiger partial charge in [-0.05, 0) is 11.6 Å². The lowest BCUT2D eigenvalue weighted by atomic mass is 10.2. The normalized spacial score (nSPS) is 13.6. The Hall–Kier alpha value is -1.62. The number of hydrogen-bond acceptors (Lipinski definition) is 3. The maximum absolute atomic E-state index is 11.8. The van der Waals surface area contributed by atoms with E-state index >= 15 is 0 Å². The summed E-state index contributed by atoms with van der Waals surface area (Å²) in [6.45, 7) is 0. The minimum Gasteiger partial charge on any atom is -0.250 e. The number of sulfone groups is 1. The molecule has 16 heavy (non-hydrogen) atoms. The molecule has 2 aromatic rings. The molecule has 84 valence electrons. The van der Waals surface area contributed by atoms with Gasteiger partial charge in [-0.25, -0.2) is 13.1 Å². The molecule has 4 nitrogen and oxygen atoms in total. The van der Waals surface area contributed by atoms with Crippen molar-refractivity contribution in [3.8, 4) is 0 Å². The van der Waals surface area contributed by atoms with Gasteiger partial charge in [0.1, 0.15) is 0 Å². The van der Waals surface area contributed by atoms with Gasteiger partial charge in [-0.1, -0.05) is 30.3 Å². The Morgan fingerprint density at radius 2 is 1.88 bits per heavy atom. The van der Waals surface area contributed by atoms with Gasteiger partial charge >= 0.3 is 0 Å². The van der Waals surface area contributed by atoms with Crippen LogP contribution in [0.1, 0.15) is 10.9 Å². The van der Waals surface area contributed by atoms with Gasteiger partial charge in [-0.3, -0.25) is 0 Å². The molecule has 0 N–H and O–H groups in total. The Bertz CT molecular complexity index is 547. The van der Waals surface area contributed by atoms with Crippen molar-refractivity contribution >= 4 is 9.84 Å². The Balaban J connectivity index is 2.54. The molecular weight excluding hydrogens is 224 g/mol. The monoisotopic (exact) mass is 236 g/mol. The van der Waals surface area contributed by atoms with Gasteiger partial charge in [0, 0.05) is 18.6 Å². The maximum Gasteiger partial charge on any atom is 0.177 e. The van der Waals surface area contributed by atoms with Crippen LogP contribution in [-0.2, 0) is 9.84 Å². The van der Waals surface area contributed by atoms with Crippen molar-refractivity contribution in [3.05, 3.63) is 54.4 Å². The summed E-state index contributed by atoms with van der Waals surface area (Å²) in [6.07, 6.45) is 4.44. The van der Waals surface area contributed by atoms with Crippen molar-refractivity contribution in [2.75, 3.05) is 6.26 Å². The Labute approximate surface area is 94.5 Å². The van der Waals surface area contributed by atoms with E-state index in [0.717, 1.165) is 0 Å². The molecule has 5 heteroatoms. The molecule has 0 amide bonds. The minimum absolute atomic E-state index is 0.716. The van der Waals surface area contributed by atoms with E-state index in [1.54, 1.807) is 30.6 Å². The molecule has 1 unspecified atom stereocenters. The lowest BCUT2D eigenvalue weighted by Crippen LogP contribution is -2.20. The van der Waals surface area contributed by atoms with E-state index in [1.807, 2.05) is 18.2 Å². The second-order valence-electron chi connectivity index (χ2n) is 3.58. The summed E-state index contributed by atoms with van der Waals surface area (Å²) in [5.74, 6) is 0. The summed E-state index contributed by atoms with van der Waals surface area (Å²) in [6, 6.07) is 10.8. The zero-order valence-electron chi connectivity index (χ0n) is 8.82. The van der Waals surface area contributed by atoms with Crippen LogP contribution in [0, 0.1) is 0 Å². The highest BCUT2D eigenvalue weighted by Gasteiger charge is 2.24. The van der Waals surface area contributed by atoms with Crippen molar-refractivity contribution in [2.24, 2.45) is 0 Å². The molecule has 0 bridgehead atoms. The van der Waals surface area contributed by atoms with Crippen LogP contribution in [0.3, 0.4) is 0 Å². The molecule has 0 fully saturated rings. The smallest absolute Gasteiger partial charge is 0.177 e. The zero-order chi connectivity index (χ0) is 11.6. The van der Waals surface area contributed by atoms with Crippen LogP contribution in [-0.4, -0.2) is 24.5 Å². The van der Waals surface area contributed by atoms with Crippen LogP contribution in [0.15, 0.2) is 48.8 Å². The first-order valence-corrected chi connectivity index (χ1v) is 6.77.